The van der Waals surface area contributed by atoms with Crippen molar-refractivity contribution in [2.75, 3.05) is 33.5 Å². The van der Waals surface area contributed by atoms with Gasteiger partial charge in [0.25, 0.3) is 0 Å². The van der Waals surface area contributed by atoms with Gasteiger partial charge in [-0.05, 0) is 30.5 Å². The highest BCUT2D eigenvalue weighted by Gasteiger charge is 2.41. The lowest BCUT2D eigenvalue weighted by Gasteiger charge is -2.36. The number of carbonyl (C=O) groups excluding carboxylic acids is 1. The topological polar surface area (TPSA) is 56.8 Å². The van der Waals surface area contributed by atoms with Gasteiger partial charge in [0.05, 0.1) is 19.1 Å². The summed E-state index contributed by atoms with van der Waals surface area (Å²) in [6, 6.07) is 17.5. The van der Waals surface area contributed by atoms with Crippen LogP contribution in [0.15, 0.2) is 54.6 Å². The maximum atomic E-state index is 13.0. The van der Waals surface area contributed by atoms with Crippen LogP contribution in [0, 0.1) is 0 Å². The largest absolute Gasteiger partial charge is 0.493 e. The number of benzene rings is 2. The fourth-order valence-electron chi connectivity index (χ4n) is 3.36. The summed E-state index contributed by atoms with van der Waals surface area (Å²) < 4.78 is 16.5. The Morgan fingerprint density at radius 1 is 1.04 bits per heavy atom. The van der Waals surface area contributed by atoms with Crippen molar-refractivity contribution in [3.8, 4) is 11.5 Å². The van der Waals surface area contributed by atoms with Gasteiger partial charge >= 0.3 is 0 Å². The van der Waals surface area contributed by atoms with E-state index in [1.54, 1.807) is 7.11 Å². The maximum absolute atomic E-state index is 13.0. The number of nitrogens with one attached hydrogen (secondary N) is 1. The Hall–Kier alpha value is -2.53. The second kappa shape index (κ2) is 8.72. The predicted molar refractivity (Wildman–Crippen MR) is 99.7 cm³/mol. The van der Waals surface area contributed by atoms with Gasteiger partial charge in [0, 0.05) is 13.2 Å². The van der Waals surface area contributed by atoms with Crippen molar-refractivity contribution < 1.29 is 19.0 Å². The van der Waals surface area contributed by atoms with E-state index in [4.69, 9.17) is 14.2 Å². The lowest BCUT2D eigenvalue weighted by molar-refractivity contribution is -0.130. The van der Waals surface area contributed by atoms with Crippen molar-refractivity contribution in [2.45, 2.75) is 18.3 Å². The van der Waals surface area contributed by atoms with Crippen molar-refractivity contribution in [2.24, 2.45) is 0 Å². The molecule has 0 radical (unpaired) electrons. The highest BCUT2D eigenvalue weighted by Crippen LogP contribution is 2.35. The molecule has 1 aliphatic rings. The Kier molecular flexibility index (Phi) is 6.12. The van der Waals surface area contributed by atoms with Crippen molar-refractivity contribution >= 4 is 5.91 Å². The first-order valence-electron chi connectivity index (χ1n) is 8.94. The zero-order chi connectivity index (χ0) is 18.2. The Labute approximate surface area is 154 Å². The Morgan fingerprint density at radius 2 is 1.69 bits per heavy atom. The molecule has 2 aromatic rings. The molecule has 1 saturated heterocycles. The van der Waals surface area contributed by atoms with Crippen molar-refractivity contribution in [3.05, 3.63) is 60.2 Å². The molecule has 1 aliphatic heterocycles. The average Bonchev–Trinajstić information content (AvgIpc) is 2.72. The highest BCUT2D eigenvalue weighted by atomic mass is 16.5. The lowest BCUT2D eigenvalue weighted by atomic mass is 9.73. The number of carbonyl (C=O) groups is 1. The van der Waals surface area contributed by atoms with Crippen LogP contribution in [0.25, 0.3) is 0 Å². The van der Waals surface area contributed by atoms with Gasteiger partial charge in [0.1, 0.15) is 6.61 Å². The smallest absolute Gasteiger partial charge is 0.230 e. The molecule has 0 saturated carbocycles. The van der Waals surface area contributed by atoms with Crippen LogP contribution in [0.1, 0.15) is 18.4 Å². The summed E-state index contributed by atoms with van der Waals surface area (Å²) >= 11 is 0. The molecule has 2 aromatic carbocycles. The molecule has 1 fully saturated rings. The second-order valence-electron chi connectivity index (χ2n) is 6.32. The van der Waals surface area contributed by atoms with Crippen LogP contribution in [0.2, 0.25) is 0 Å². The van der Waals surface area contributed by atoms with Gasteiger partial charge in [0.2, 0.25) is 5.91 Å². The van der Waals surface area contributed by atoms with E-state index in [0.29, 0.717) is 50.7 Å². The van der Waals surface area contributed by atoms with E-state index in [1.807, 2.05) is 54.6 Å². The molecule has 0 spiro atoms. The van der Waals surface area contributed by atoms with Crippen LogP contribution in [0.3, 0.4) is 0 Å². The Balaban J connectivity index is 1.60. The Morgan fingerprint density at radius 3 is 2.38 bits per heavy atom. The third-order valence-corrected chi connectivity index (χ3v) is 4.82. The molecule has 3 rings (SSSR count). The molecule has 0 atom stereocenters. The standard InChI is InChI=1S/C21H25NO4/c1-24-18-9-5-6-10-19(18)26-16-13-22-20(23)21(11-14-25-15-12-21)17-7-3-2-4-8-17/h2-10H,11-16H2,1H3,(H,22,23). The summed E-state index contributed by atoms with van der Waals surface area (Å²) in [5, 5.41) is 3.04. The van der Waals surface area contributed by atoms with E-state index in [0.717, 1.165) is 5.56 Å². The summed E-state index contributed by atoms with van der Waals surface area (Å²) in [5.41, 5.74) is 0.524. The molecule has 5 nitrogen and oxygen atoms in total. The SMILES string of the molecule is COc1ccccc1OCCNC(=O)C1(c2ccccc2)CCOCC1. The van der Waals surface area contributed by atoms with Gasteiger partial charge in [0.15, 0.2) is 11.5 Å². The third-order valence-electron chi connectivity index (χ3n) is 4.82. The quantitative estimate of drug-likeness (QED) is 0.776. The highest BCUT2D eigenvalue weighted by molar-refractivity contribution is 5.88. The normalized spacial score (nSPS) is 15.9. The number of methoxy groups -OCH3 is 1. The summed E-state index contributed by atoms with van der Waals surface area (Å²) in [4.78, 5) is 13.0. The van der Waals surface area contributed by atoms with Gasteiger partial charge < -0.3 is 19.5 Å². The number of ether oxygens (including phenoxy) is 3. The lowest BCUT2D eigenvalue weighted by Crippen LogP contribution is -2.48. The molecule has 1 N–H and O–H groups in total. The van der Waals surface area contributed by atoms with Crippen LogP contribution in [0.4, 0.5) is 0 Å². The van der Waals surface area contributed by atoms with Gasteiger partial charge in [-0.25, -0.2) is 0 Å². The number of hydrogen-bond donors (Lipinski definition) is 1. The molecule has 5 heteroatoms. The number of hydrogen-bond acceptors (Lipinski definition) is 4. The predicted octanol–water partition coefficient (Wildman–Crippen LogP) is 2.94. The van der Waals surface area contributed by atoms with Crippen molar-refractivity contribution in [1.82, 2.24) is 5.32 Å². The molecule has 1 amide bonds. The summed E-state index contributed by atoms with van der Waals surface area (Å²) in [5.74, 6) is 1.40. The molecular formula is C21H25NO4. The number of rotatable bonds is 7. The second-order valence-corrected chi connectivity index (χ2v) is 6.32. The monoisotopic (exact) mass is 355 g/mol. The van der Waals surface area contributed by atoms with E-state index in [1.165, 1.54) is 0 Å². The molecule has 0 unspecified atom stereocenters. The maximum Gasteiger partial charge on any atom is 0.230 e. The first-order chi connectivity index (χ1) is 12.8. The zero-order valence-corrected chi connectivity index (χ0v) is 15.1. The van der Waals surface area contributed by atoms with Crippen LogP contribution < -0.4 is 14.8 Å². The molecule has 0 bridgehead atoms. The first-order valence-corrected chi connectivity index (χ1v) is 8.94. The van der Waals surface area contributed by atoms with Gasteiger partial charge in [-0.3, -0.25) is 4.79 Å². The molecule has 138 valence electrons. The average molecular weight is 355 g/mol. The fraction of sp³-hybridized carbons (Fsp3) is 0.381. The number of amides is 1. The van der Waals surface area contributed by atoms with Crippen LogP contribution in [-0.2, 0) is 14.9 Å². The summed E-state index contributed by atoms with van der Waals surface area (Å²) in [6.07, 6.45) is 1.38. The van der Waals surface area contributed by atoms with E-state index in [-0.39, 0.29) is 5.91 Å². The van der Waals surface area contributed by atoms with Crippen molar-refractivity contribution in [3.63, 3.8) is 0 Å². The van der Waals surface area contributed by atoms with Gasteiger partial charge in [-0.2, -0.15) is 0 Å². The van der Waals surface area contributed by atoms with Crippen LogP contribution in [-0.4, -0.2) is 39.4 Å². The van der Waals surface area contributed by atoms with Crippen LogP contribution >= 0.6 is 0 Å². The van der Waals surface area contributed by atoms with Crippen LogP contribution in [0.5, 0.6) is 11.5 Å². The van der Waals surface area contributed by atoms with Crippen molar-refractivity contribution in [1.29, 1.82) is 0 Å². The number of para-hydroxylation sites is 2. The molecule has 0 aromatic heterocycles. The summed E-state index contributed by atoms with van der Waals surface area (Å²) in [7, 11) is 1.61. The van der Waals surface area contributed by atoms with E-state index < -0.39 is 5.41 Å². The minimum Gasteiger partial charge on any atom is -0.493 e. The fourth-order valence-corrected chi connectivity index (χ4v) is 3.36. The third kappa shape index (κ3) is 3.99. The summed E-state index contributed by atoms with van der Waals surface area (Å²) in [6.45, 7) is 2.01. The van der Waals surface area contributed by atoms with E-state index in [2.05, 4.69) is 5.32 Å². The first kappa shape index (κ1) is 18.3. The minimum atomic E-state index is -0.524. The van der Waals surface area contributed by atoms with E-state index >= 15 is 0 Å². The molecular weight excluding hydrogens is 330 g/mol. The zero-order valence-electron chi connectivity index (χ0n) is 15.1. The van der Waals surface area contributed by atoms with Gasteiger partial charge in [-0.15, -0.1) is 0 Å². The minimum absolute atomic E-state index is 0.0376. The molecule has 26 heavy (non-hydrogen) atoms. The Bertz CT molecular complexity index is 711. The molecule has 0 aliphatic carbocycles. The van der Waals surface area contributed by atoms with Gasteiger partial charge in [-0.1, -0.05) is 42.5 Å². The van der Waals surface area contributed by atoms with E-state index in [9.17, 15) is 4.79 Å². The molecule has 1 heterocycles.